The number of hydrogen-bond donors (Lipinski definition) is 2. The van der Waals surface area contributed by atoms with Crippen molar-refractivity contribution in [2.45, 2.75) is 19.9 Å². The molecule has 0 saturated heterocycles. The second-order valence-corrected chi connectivity index (χ2v) is 3.64. The molecule has 0 aliphatic heterocycles. The Hall–Kier alpha value is -1.40. The standard InChI is InChI=1S/C11H20N4O2/c1-4-17-10-5-8(2)13-11(15-10)14-9(6-12)7-16-3/h5,9H,4,6-7,12H2,1-3H3,(H,13,14,15). The fourth-order valence-corrected chi connectivity index (χ4v) is 1.38. The van der Waals surface area contributed by atoms with Gasteiger partial charge in [-0.1, -0.05) is 0 Å². The summed E-state index contributed by atoms with van der Waals surface area (Å²) in [5.41, 5.74) is 6.46. The van der Waals surface area contributed by atoms with Crippen LogP contribution >= 0.6 is 0 Å². The van der Waals surface area contributed by atoms with E-state index in [-0.39, 0.29) is 6.04 Å². The first-order chi connectivity index (χ1) is 8.19. The Morgan fingerprint density at radius 2 is 2.24 bits per heavy atom. The van der Waals surface area contributed by atoms with E-state index < -0.39 is 0 Å². The number of aromatic nitrogens is 2. The number of hydrogen-bond acceptors (Lipinski definition) is 6. The summed E-state index contributed by atoms with van der Waals surface area (Å²) in [5.74, 6) is 1.08. The first kappa shape index (κ1) is 13.7. The monoisotopic (exact) mass is 240 g/mol. The molecule has 1 aromatic heterocycles. The molecule has 0 saturated carbocycles. The van der Waals surface area contributed by atoms with Crippen LogP contribution in [0.15, 0.2) is 6.07 Å². The molecule has 3 N–H and O–H groups in total. The third-order valence-electron chi connectivity index (χ3n) is 2.11. The van der Waals surface area contributed by atoms with Crippen molar-refractivity contribution in [3.8, 4) is 5.88 Å². The lowest BCUT2D eigenvalue weighted by atomic mass is 10.3. The number of methoxy groups -OCH3 is 1. The number of nitrogens with zero attached hydrogens (tertiary/aromatic N) is 2. The van der Waals surface area contributed by atoms with Crippen LogP contribution in [0.3, 0.4) is 0 Å². The molecule has 1 unspecified atom stereocenters. The lowest BCUT2D eigenvalue weighted by Gasteiger charge is -2.16. The molecule has 1 rings (SSSR count). The molecule has 0 bridgehead atoms. The van der Waals surface area contributed by atoms with Gasteiger partial charge in [-0.2, -0.15) is 4.98 Å². The zero-order chi connectivity index (χ0) is 12.7. The SMILES string of the molecule is CCOc1cc(C)nc(NC(CN)COC)n1. The highest BCUT2D eigenvalue weighted by Gasteiger charge is 2.09. The van der Waals surface area contributed by atoms with Crippen LogP contribution < -0.4 is 15.8 Å². The van der Waals surface area contributed by atoms with E-state index in [0.29, 0.717) is 31.6 Å². The lowest BCUT2D eigenvalue weighted by molar-refractivity contribution is 0.187. The summed E-state index contributed by atoms with van der Waals surface area (Å²) in [4.78, 5) is 8.51. The summed E-state index contributed by atoms with van der Waals surface area (Å²) in [6, 6.07) is 1.79. The molecular formula is C11H20N4O2. The van der Waals surface area contributed by atoms with E-state index >= 15 is 0 Å². The summed E-state index contributed by atoms with van der Waals surface area (Å²) in [7, 11) is 1.63. The topological polar surface area (TPSA) is 82.3 Å². The van der Waals surface area contributed by atoms with E-state index in [2.05, 4.69) is 15.3 Å². The third-order valence-corrected chi connectivity index (χ3v) is 2.11. The van der Waals surface area contributed by atoms with Crippen LogP contribution in [0.5, 0.6) is 5.88 Å². The van der Waals surface area contributed by atoms with Crippen LogP contribution in [0.1, 0.15) is 12.6 Å². The lowest BCUT2D eigenvalue weighted by Crippen LogP contribution is -2.33. The average Bonchev–Trinajstić information content (AvgIpc) is 2.28. The second-order valence-electron chi connectivity index (χ2n) is 3.64. The van der Waals surface area contributed by atoms with Crippen LogP contribution in [-0.4, -0.2) is 42.9 Å². The van der Waals surface area contributed by atoms with Crippen LogP contribution in [0.2, 0.25) is 0 Å². The van der Waals surface area contributed by atoms with Gasteiger partial charge in [0.05, 0.1) is 19.3 Å². The van der Waals surface area contributed by atoms with Gasteiger partial charge in [-0.25, -0.2) is 4.98 Å². The van der Waals surface area contributed by atoms with Crippen molar-refractivity contribution in [3.05, 3.63) is 11.8 Å². The minimum Gasteiger partial charge on any atom is -0.478 e. The molecule has 0 aromatic carbocycles. The van der Waals surface area contributed by atoms with Crippen molar-refractivity contribution in [2.24, 2.45) is 5.73 Å². The summed E-state index contributed by atoms with van der Waals surface area (Å²) >= 11 is 0. The second kappa shape index (κ2) is 7.03. The first-order valence-corrected chi connectivity index (χ1v) is 5.63. The van der Waals surface area contributed by atoms with Gasteiger partial charge in [-0.05, 0) is 13.8 Å². The molecule has 0 aliphatic rings. The molecule has 0 aliphatic carbocycles. The first-order valence-electron chi connectivity index (χ1n) is 5.63. The van der Waals surface area contributed by atoms with E-state index in [0.717, 1.165) is 5.69 Å². The number of aryl methyl sites for hydroxylation is 1. The Morgan fingerprint density at radius 1 is 1.47 bits per heavy atom. The van der Waals surface area contributed by atoms with Crippen LogP contribution in [0.4, 0.5) is 5.95 Å². The predicted molar refractivity (Wildman–Crippen MR) is 66.3 cm³/mol. The molecule has 17 heavy (non-hydrogen) atoms. The molecule has 1 aromatic rings. The maximum Gasteiger partial charge on any atom is 0.226 e. The summed E-state index contributed by atoms with van der Waals surface area (Å²) in [5, 5.41) is 3.12. The Morgan fingerprint density at radius 3 is 2.82 bits per heavy atom. The third kappa shape index (κ3) is 4.54. The normalized spacial score (nSPS) is 12.2. The zero-order valence-electron chi connectivity index (χ0n) is 10.6. The van der Waals surface area contributed by atoms with Crippen molar-refractivity contribution in [2.75, 3.05) is 32.2 Å². The van der Waals surface area contributed by atoms with Gasteiger partial charge in [-0.3, -0.25) is 0 Å². The highest BCUT2D eigenvalue weighted by Crippen LogP contribution is 2.12. The van der Waals surface area contributed by atoms with Gasteiger partial charge in [0.25, 0.3) is 0 Å². The molecule has 6 nitrogen and oxygen atoms in total. The van der Waals surface area contributed by atoms with Gasteiger partial charge in [-0.15, -0.1) is 0 Å². The van der Waals surface area contributed by atoms with Crippen molar-refractivity contribution in [1.82, 2.24) is 9.97 Å². The van der Waals surface area contributed by atoms with Gasteiger partial charge >= 0.3 is 0 Å². The Labute approximate surface area is 102 Å². The summed E-state index contributed by atoms with van der Waals surface area (Å²) in [6.45, 7) is 5.35. The molecule has 96 valence electrons. The predicted octanol–water partition coefficient (Wildman–Crippen LogP) is 0.569. The van der Waals surface area contributed by atoms with Crippen molar-refractivity contribution < 1.29 is 9.47 Å². The quantitative estimate of drug-likeness (QED) is 0.725. The minimum absolute atomic E-state index is 0.00345. The molecule has 0 radical (unpaired) electrons. The van der Waals surface area contributed by atoms with E-state index in [9.17, 15) is 0 Å². The molecular weight excluding hydrogens is 220 g/mol. The van der Waals surface area contributed by atoms with Gasteiger partial charge in [0.2, 0.25) is 11.8 Å². The van der Waals surface area contributed by atoms with Crippen molar-refractivity contribution in [1.29, 1.82) is 0 Å². The Kier molecular flexibility index (Phi) is 5.65. The average molecular weight is 240 g/mol. The van der Waals surface area contributed by atoms with Crippen LogP contribution in [-0.2, 0) is 4.74 Å². The Bertz CT molecular complexity index is 346. The highest BCUT2D eigenvalue weighted by molar-refractivity contribution is 5.31. The molecule has 0 fully saturated rings. The molecule has 0 spiro atoms. The van der Waals surface area contributed by atoms with E-state index in [1.165, 1.54) is 0 Å². The molecule has 0 amide bonds. The summed E-state index contributed by atoms with van der Waals surface area (Å²) < 4.78 is 10.4. The fraction of sp³-hybridized carbons (Fsp3) is 0.636. The van der Waals surface area contributed by atoms with E-state index in [1.807, 2.05) is 13.8 Å². The maximum absolute atomic E-state index is 5.61. The van der Waals surface area contributed by atoms with E-state index in [1.54, 1.807) is 13.2 Å². The Balaban J connectivity index is 2.75. The number of rotatable bonds is 7. The van der Waals surface area contributed by atoms with Crippen molar-refractivity contribution in [3.63, 3.8) is 0 Å². The van der Waals surface area contributed by atoms with Gasteiger partial charge in [0, 0.05) is 25.4 Å². The number of nitrogens with one attached hydrogen (secondary N) is 1. The van der Waals surface area contributed by atoms with Gasteiger partial charge in [0.15, 0.2) is 0 Å². The van der Waals surface area contributed by atoms with Crippen LogP contribution in [0.25, 0.3) is 0 Å². The minimum atomic E-state index is -0.00345. The maximum atomic E-state index is 5.61. The number of ether oxygens (including phenoxy) is 2. The van der Waals surface area contributed by atoms with Crippen LogP contribution in [0, 0.1) is 6.92 Å². The largest absolute Gasteiger partial charge is 0.478 e. The smallest absolute Gasteiger partial charge is 0.226 e. The highest BCUT2D eigenvalue weighted by atomic mass is 16.5. The molecule has 1 atom stereocenters. The zero-order valence-corrected chi connectivity index (χ0v) is 10.6. The fourth-order valence-electron chi connectivity index (χ4n) is 1.38. The van der Waals surface area contributed by atoms with E-state index in [4.69, 9.17) is 15.2 Å². The molecule has 6 heteroatoms. The van der Waals surface area contributed by atoms with Gasteiger partial charge < -0.3 is 20.5 Å². The van der Waals surface area contributed by atoms with Gasteiger partial charge in [0.1, 0.15) is 0 Å². The number of anilines is 1. The van der Waals surface area contributed by atoms with Crippen molar-refractivity contribution >= 4 is 5.95 Å². The number of nitrogens with two attached hydrogens (primary N) is 1. The summed E-state index contributed by atoms with van der Waals surface area (Å²) in [6.07, 6.45) is 0. The molecule has 1 heterocycles.